The number of carbonyl (C=O) groups excluding carboxylic acids is 1. The minimum absolute atomic E-state index is 0. The molecule has 1 fully saturated rings. The Balaban J connectivity index is 0.00000180. The zero-order chi connectivity index (χ0) is 13.0. The third kappa shape index (κ3) is 5.04. The van der Waals surface area contributed by atoms with Gasteiger partial charge in [-0.25, -0.2) is 4.39 Å². The Kier molecular flexibility index (Phi) is 6.05. The summed E-state index contributed by atoms with van der Waals surface area (Å²) in [6.07, 6.45) is 2.25. The van der Waals surface area contributed by atoms with Crippen molar-refractivity contribution in [1.29, 1.82) is 0 Å². The molecule has 1 unspecified atom stereocenters. The van der Waals surface area contributed by atoms with E-state index < -0.39 is 0 Å². The van der Waals surface area contributed by atoms with Gasteiger partial charge < -0.3 is 15.8 Å². The van der Waals surface area contributed by atoms with Crippen molar-refractivity contribution in [3.8, 4) is 5.75 Å². The zero-order valence-corrected chi connectivity index (χ0v) is 11.3. The second-order valence-corrected chi connectivity index (χ2v) is 4.49. The van der Waals surface area contributed by atoms with Crippen molar-refractivity contribution in [1.82, 2.24) is 5.32 Å². The second-order valence-electron chi connectivity index (χ2n) is 4.49. The fraction of sp³-hybridized carbons (Fsp3) is 0.462. The van der Waals surface area contributed by atoms with Gasteiger partial charge in [0, 0.05) is 12.6 Å². The molecule has 2 rings (SSSR count). The molecular weight excluding hydrogens is 271 g/mol. The van der Waals surface area contributed by atoms with E-state index in [-0.39, 0.29) is 36.8 Å². The summed E-state index contributed by atoms with van der Waals surface area (Å²) in [4.78, 5) is 11.6. The van der Waals surface area contributed by atoms with Crippen molar-refractivity contribution in [3.05, 3.63) is 30.1 Å². The topological polar surface area (TPSA) is 64.3 Å². The predicted molar refractivity (Wildman–Crippen MR) is 72.9 cm³/mol. The van der Waals surface area contributed by atoms with Gasteiger partial charge in [-0.3, -0.25) is 4.79 Å². The van der Waals surface area contributed by atoms with E-state index in [0.29, 0.717) is 18.2 Å². The molecule has 0 aliphatic heterocycles. The maximum atomic E-state index is 12.7. The number of benzene rings is 1. The van der Waals surface area contributed by atoms with E-state index in [2.05, 4.69) is 5.32 Å². The quantitative estimate of drug-likeness (QED) is 0.833. The first-order chi connectivity index (χ1) is 8.69. The summed E-state index contributed by atoms with van der Waals surface area (Å²) in [6.45, 7) is 0.377. The van der Waals surface area contributed by atoms with Crippen LogP contribution in [0.2, 0.25) is 0 Å². The zero-order valence-electron chi connectivity index (χ0n) is 10.5. The first-order valence-electron chi connectivity index (χ1n) is 6.07. The van der Waals surface area contributed by atoms with E-state index in [9.17, 15) is 9.18 Å². The van der Waals surface area contributed by atoms with Crippen molar-refractivity contribution in [3.63, 3.8) is 0 Å². The molecule has 106 valence electrons. The number of nitrogens with two attached hydrogens (primary N) is 1. The van der Waals surface area contributed by atoms with E-state index >= 15 is 0 Å². The molecular formula is C13H18ClFN2O2. The molecule has 0 aromatic heterocycles. The first-order valence-corrected chi connectivity index (χ1v) is 6.07. The van der Waals surface area contributed by atoms with E-state index in [1.807, 2.05) is 0 Å². The Morgan fingerprint density at radius 2 is 2.05 bits per heavy atom. The molecule has 1 aliphatic carbocycles. The number of ether oxygens (including phenoxy) is 1. The van der Waals surface area contributed by atoms with E-state index in [4.69, 9.17) is 10.5 Å². The highest BCUT2D eigenvalue weighted by Crippen LogP contribution is 2.32. The molecule has 1 amide bonds. The number of hydrogen-bond acceptors (Lipinski definition) is 3. The molecule has 0 spiro atoms. The molecule has 6 heteroatoms. The molecule has 1 aromatic carbocycles. The molecule has 0 radical (unpaired) electrons. The molecule has 1 aromatic rings. The Morgan fingerprint density at radius 1 is 1.42 bits per heavy atom. The van der Waals surface area contributed by atoms with Gasteiger partial charge in [0.2, 0.25) is 0 Å². The van der Waals surface area contributed by atoms with E-state index in [0.717, 1.165) is 12.8 Å². The number of halogens is 2. The molecule has 0 saturated heterocycles. The van der Waals surface area contributed by atoms with Crippen LogP contribution in [0.15, 0.2) is 24.3 Å². The monoisotopic (exact) mass is 288 g/mol. The van der Waals surface area contributed by atoms with Crippen molar-refractivity contribution >= 4 is 18.3 Å². The minimum atomic E-state index is -0.330. The van der Waals surface area contributed by atoms with E-state index in [1.165, 1.54) is 24.3 Å². The average molecular weight is 289 g/mol. The van der Waals surface area contributed by atoms with Gasteiger partial charge in [-0.05, 0) is 43.0 Å². The van der Waals surface area contributed by atoms with Gasteiger partial charge in [-0.1, -0.05) is 0 Å². The molecule has 19 heavy (non-hydrogen) atoms. The summed E-state index contributed by atoms with van der Waals surface area (Å²) in [6, 6.07) is 5.61. The number of amides is 1. The Hall–Kier alpha value is -1.33. The average Bonchev–Trinajstić information content (AvgIpc) is 3.19. The molecule has 1 atom stereocenters. The van der Waals surface area contributed by atoms with Gasteiger partial charge in [-0.15, -0.1) is 12.4 Å². The van der Waals surface area contributed by atoms with Crippen LogP contribution < -0.4 is 15.8 Å². The maximum absolute atomic E-state index is 12.7. The van der Waals surface area contributed by atoms with Crippen LogP contribution in [0, 0.1) is 11.7 Å². The first kappa shape index (κ1) is 15.7. The molecule has 0 heterocycles. The second kappa shape index (κ2) is 7.31. The molecule has 1 saturated carbocycles. The highest BCUT2D eigenvalue weighted by molar-refractivity contribution is 5.85. The maximum Gasteiger partial charge on any atom is 0.258 e. The summed E-state index contributed by atoms with van der Waals surface area (Å²) < 4.78 is 17.9. The highest BCUT2D eigenvalue weighted by atomic mass is 35.5. The fourth-order valence-electron chi connectivity index (χ4n) is 1.80. The normalized spacial score (nSPS) is 15.3. The Bertz CT molecular complexity index is 410. The van der Waals surface area contributed by atoms with Crippen molar-refractivity contribution in [2.45, 2.75) is 18.9 Å². The Morgan fingerprint density at radius 3 is 2.58 bits per heavy atom. The van der Waals surface area contributed by atoms with Crippen LogP contribution in [0.25, 0.3) is 0 Å². The van der Waals surface area contributed by atoms with E-state index in [1.54, 1.807) is 0 Å². The van der Waals surface area contributed by atoms with Crippen molar-refractivity contribution in [2.24, 2.45) is 11.7 Å². The van der Waals surface area contributed by atoms with Crippen LogP contribution in [-0.4, -0.2) is 25.1 Å². The summed E-state index contributed by atoms with van der Waals surface area (Å²) in [7, 11) is 0. The Labute approximate surface area is 117 Å². The smallest absolute Gasteiger partial charge is 0.258 e. The lowest BCUT2D eigenvalue weighted by atomic mass is 10.2. The van der Waals surface area contributed by atoms with Crippen molar-refractivity contribution in [2.75, 3.05) is 13.2 Å². The SMILES string of the molecule is Cl.NCC(NC(=O)COc1ccc(F)cc1)C1CC1. The third-order valence-electron chi connectivity index (χ3n) is 2.97. The van der Waals surface area contributed by atoms with Gasteiger partial charge in [0.15, 0.2) is 6.61 Å². The lowest BCUT2D eigenvalue weighted by Crippen LogP contribution is -2.43. The van der Waals surface area contributed by atoms with Gasteiger partial charge in [0.05, 0.1) is 0 Å². The van der Waals surface area contributed by atoms with Crippen LogP contribution in [0.4, 0.5) is 4.39 Å². The summed E-state index contributed by atoms with van der Waals surface area (Å²) in [5.41, 5.74) is 5.59. The lowest BCUT2D eigenvalue weighted by Gasteiger charge is -2.16. The molecule has 3 N–H and O–H groups in total. The summed E-state index contributed by atoms with van der Waals surface area (Å²) in [5.74, 6) is 0.470. The molecule has 1 aliphatic rings. The van der Waals surface area contributed by atoms with Crippen molar-refractivity contribution < 1.29 is 13.9 Å². The third-order valence-corrected chi connectivity index (χ3v) is 2.97. The van der Waals surface area contributed by atoms with Crippen LogP contribution in [0.5, 0.6) is 5.75 Å². The summed E-state index contributed by atoms with van der Waals surface area (Å²) in [5, 5.41) is 2.85. The molecule has 0 bridgehead atoms. The number of rotatable bonds is 6. The fourth-order valence-corrected chi connectivity index (χ4v) is 1.80. The largest absolute Gasteiger partial charge is 0.484 e. The minimum Gasteiger partial charge on any atom is -0.484 e. The van der Waals surface area contributed by atoms with Crippen LogP contribution in [0.3, 0.4) is 0 Å². The van der Waals surface area contributed by atoms with Gasteiger partial charge in [0.1, 0.15) is 11.6 Å². The number of nitrogens with one attached hydrogen (secondary N) is 1. The van der Waals surface area contributed by atoms with Gasteiger partial charge >= 0.3 is 0 Å². The highest BCUT2D eigenvalue weighted by Gasteiger charge is 2.31. The summed E-state index contributed by atoms with van der Waals surface area (Å²) >= 11 is 0. The number of hydrogen-bond donors (Lipinski definition) is 2. The predicted octanol–water partition coefficient (Wildman–Crippen LogP) is 1.48. The standard InChI is InChI=1S/C13H17FN2O2.ClH/c14-10-3-5-11(6-4-10)18-8-13(17)16-12(7-15)9-1-2-9;/h3-6,9,12H,1-2,7-8,15H2,(H,16,17);1H. The van der Waals surface area contributed by atoms with Crippen LogP contribution >= 0.6 is 12.4 Å². The van der Waals surface area contributed by atoms with Crippen LogP contribution in [-0.2, 0) is 4.79 Å². The van der Waals surface area contributed by atoms with Gasteiger partial charge in [-0.2, -0.15) is 0 Å². The van der Waals surface area contributed by atoms with Crippen LogP contribution in [0.1, 0.15) is 12.8 Å². The molecule has 4 nitrogen and oxygen atoms in total. The number of carbonyl (C=O) groups is 1. The van der Waals surface area contributed by atoms with Gasteiger partial charge in [0.25, 0.3) is 5.91 Å². The lowest BCUT2D eigenvalue weighted by molar-refractivity contribution is -0.123.